The number of hydrogen-bond donors (Lipinski definition) is 1. The largest absolute Gasteiger partial charge is 0.478 e. The van der Waals surface area contributed by atoms with Crippen molar-refractivity contribution in [3.63, 3.8) is 0 Å². The van der Waals surface area contributed by atoms with Crippen molar-refractivity contribution in [3.05, 3.63) is 47.7 Å². The number of carboxylic acids is 1. The summed E-state index contributed by atoms with van der Waals surface area (Å²) in [5.41, 5.74) is 0.187. The molecule has 0 unspecified atom stereocenters. The van der Waals surface area contributed by atoms with Crippen LogP contribution in [0.4, 0.5) is 0 Å². The van der Waals surface area contributed by atoms with Gasteiger partial charge in [0.15, 0.2) is 5.09 Å². The van der Waals surface area contributed by atoms with Crippen LogP contribution in [-0.4, -0.2) is 23.7 Å². The second-order valence-electron chi connectivity index (χ2n) is 3.74. The maximum absolute atomic E-state index is 11.5. The van der Waals surface area contributed by atoms with Crippen molar-refractivity contribution in [3.8, 4) is 0 Å². The molecule has 1 aromatic heterocycles. The first-order chi connectivity index (χ1) is 9.61. The van der Waals surface area contributed by atoms with Gasteiger partial charge in [-0.3, -0.25) is 0 Å². The number of carboxylic acid groups (broad SMARTS) is 1. The normalized spacial score (nSPS) is 10.2. The molecule has 2 rings (SSSR count). The van der Waals surface area contributed by atoms with Crippen molar-refractivity contribution < 1.29 is 23.8 Å². The zero-order chi connectivity index (χ0) is 14.5. The monoisotopic (exact) mass is 292 g/mol. The van der Waals surface area contributed by atoms with Gasteiger partial charge in [-0.05, 0) is 31.2 Å². The van der Waals surface area contributed by atoms with Crippen LogP contribution in [0.15, 0.2) is 50.8 Å². The van der Waals surface area contributed by atoms with Crippen LogP contribution in [-0.2, 0) is 4.74 Å². The van der Waals surface area contributed by atoms with Gasteiger partial charge in [0.05, 0.1) is 12.2 Å². The summed E-state index contributed by atoms with van der Waals surface area (Å²) in [6.45, 7) is 1.98. The predicted molar refractivity (Wildman–Crippen MR) is 72.2 cm³/mol. The zero-order valence-electron chi connectivity index (χ0n) is 10.7. The molecule has 0 atom stereocenters. The molecule has 0 spiro atoms. The van der Waals surface area contributed by atoms with E-state index in [0.717, 1.165) is 11.8 Å². The first-order valence-corrected chi connectivity index (χ1v) is 6.70. The number of rotatable bonds is 5. The van der Waals surface area contributed by atoms with Gasteiger partial charge in [-0.1, -0.05) is 23.9 Å². The topological polar surface area (TPSA) is 76.7 Å². The third-order valence-electron chi connectivity index (χ3n) is 2.39. The van der Waals surface area contributed by atoms with Crippen molar-refractivity contribution in [1.82, 2.24) is 0 Å². The molecule has 0 aliphatic rings. The molecule has 0 fully saturated rings. The third-order valence-corrected chi connectivity index (χ3v) is 3.38. The van der Waals surface area contributed by atoms with Crippen molar-refractivity contribution in [2.24, 2.45) is 0 Å². The van der Waals surface area contributed by atoms with Gasteiger partial charge in [0.25, 0.3) is 0 Å². The fourth-order valence-corrected chi connectivity index (χ4v) is 2.42. The van der Waals surface area contributed by atoms with E-state index in [9.17, 15) is 9.59 Å². The van der Waals surface area contributed by atoms with E-state index in [4.69, 9.17) is 14.3 Å². The summed E-state index contributed by atoms with van der Waals surface area (Å²) in [7, 11) is 0. The van der Waals surface area contributed by atoms with E-state index < -0.39 is 11.9 Å². The summed E-state index contributed by atoms with van der Waals surface area (Å²) in [5.74, 6) is -1.45. The smallest absolute Gasteiger partial charge is 0.374 e. The summed E-state index contributed by atoms with van der Waals surface area (Å²) in [4.78, 5) is 23.1. The molecule has 0 bridgehead atoms. The van der Waals surface area contributed by atoms with Crippen molar-refractivity contribution in [2.75, 3.05) is 6.61 Å². The van der Waals surface area contributed by atoms with E-state index in [1.54, 1.807) is 31.2 Å². The van der Waals surface area contributed by atoms with Crippen molar-refractivity contribution >= 4 is 23.7 Å². The van der Waals surface area contributed by atoms with Gasteiger partial charge < -0.3 is 14.3 Å². The highest BCUT2D eigenvalue weighted by Crippen LogP contribution is 2.31. The number of aromatic carboxylic acids is 1. The SMILES string of the molecule is CCOC(=O)c1ccc(Sc2ccccc2C(=O)O)o1. The van der Waals surface area contributed by atoms with Crippen LogP contribution >= 0.6 is 11.8 Å². The lowest BCUT2D eigenvalue weighted by Crippen LogP contribution is -2.02. The molecule has 0 amide bonds. The summed E-state index contributed by atoms with van der Waals surface area (Å²) < 4.78 is 10.1. The molecule has 104 valence electrons. The molecular weight excluding hydrogens is 280 g/mol. The molecule has 0 aliphatic carbocycles. The first kappa shape index (κ1) is 14.2. The Morgan fingerprint density at radius 2 is 2.00 bits per heavy atom. The minimum Gasteiger partial charge on any atom is -0.478 e. The van der Waals surface area contributed by atoms with Crippen LogP contribution < -0.4 is 0 Å². The summed E-state index contributed by atoms with van der Waals surface area (Å²) in [5, 5.41) is 9.52. The Hall–Kier alpha value is -2.21. The molecule has 0 saturated carbocycles. The Labute approximate surface area is 119 Å². The molecule has 0 aliphatic heterocycles. The Balaban J connectivity index is 2.19. The van der Waals surface area contributed by atoms with Crippen molar-refractivity contribution in [2.45, 2.75) is 16.9 Å². The minimum atomic E-state index is -1.01. The zero-order valence-corrected chi connectivity index (χ0v) is 11.5. The van der Waals surface area contributed by atoms with E-state index in [2.05, 4.69) is 0 Å². The van der Waals surface area contributed by atoms with Crippen LogP contribution in [0.2, 0.25) is 0 Å². The van der Waals surface area contributed by atoms with Gasteiger partial charge in [-0.15, -0.1) is 0 Å². The molecule has 0 radical (unpaired) electrons. The number of carbonyl (C=O) groups excluding carboxylic acids is 1. The lowest BCUT2D eigenvalue weighted by Gasteiger charge is -2.02. The van der Waals surface area contributed by atoms with Gasteiger partial charge in [-0.25, -0.2) is 9.59 Å². The average Bonchev–Trinajstić information content (AvgIpc) is 2.88. The van der Waals surface area contributed by atoms with E-state index in [-0.39, 0.29) is 17.9 Å². The second kappa shape index (κ2) is 6.29. The minimum absolute atomic E-state index is 0.0992. The molecule has 1 aromatic carbocycles. The van der Waals surface area contributed by atoms with Gasteiger partial charge >= 0.3 is 11.9 Å². The van der Waals surface area contributed by atoms with Gasteiger partial charge in [-0.2, -0.15) is 0 Å². The Bertz CT molecular complexity index is 632. The maximum Gasteiger partial charge on any atom is 0.374 e. The predicted octanol–water partition coefficient (Wildman–Crippen LogP) is 3.31. The lowest BCUT2D eigenvalue weighted by molar-refractivity contribution is 0.0483. The standard InChI is InChI=1S/C14H12O5S/c1-2-18-14(17)10-7-8-12(19-10)20-11-6-4-3-5-9(11)13(15)16/h3-8H,2H2,1H3,(H,15,16). The highest BCUT2D eigenvalue weighted by atomic mass is 32.2. The third kappa shape index (κ3) is 3.21. The lowest BCUT2D eigenvalue weighted by atomic mass is 10.2. The maximum atomic E-state index is 11.5. The molecule has 6 heteroatoms. The number of hydrogen-bond acceptors (Lipinski definition) is 5. The van der Waals surface area contributed by atoms with Crippen LogP contribution in [0.3, 0.4) is 0 Å². The van der Waals surface area contributed by atoms with Crippen LogP contribution in [0.5, 0.6) is 0 Å². The quantitative estimate of drug-likeness (QED) is 0.852. The first-order valence-electron chi connectivity index (χ1n) is 5.89. The van der Waals surface area contributed by atoms with E-state index in [1.165, 1.54) is 12.1 Å². The highest BCUT2D eigenvalue weighted by molar-refractivity contribution is 7.99. The second-order valence-corrected chi connectivity index (χ2v) is 4.79. The molecule has 1 heterocycles. The summed E-state index contributed by atoms with van der Waals surface area (Å²) in [6.07, 6.45) is 0. The molecule has 2 aromatic rings. The average molecular weight is 292 g/mol. The van der Waals surface area contributed by atoms with Crippen LogP contribution in [0.25, 0.3) is 0 Å². The van der Waals surface area contributed by atoms with Crippen molar-refractivity contribution in [1.29, 1.82) is 0 Å². The summed E-state index contributed by atoms with van der Waals surface area (Å²) in [6, 6.07) is 9.70. The molecule has 0 saturated heterocycles. The number of carbonyl (C=O) groups is 2. The Morgan fingerprint density at radius 3 is 2.70 bits per heavy atom. The fourth-order valence-electron chi connectivity index (χ4n) is 1.53. The number of esters is 1. The molecular formula is C14H12O5S. The van der Waals surface area contributed by atoms with E-state index in [1.807, 2.05) is 0 Å². The van der Waals surface area contributed by atoms with E-state index >= 15 is 0 Å². The van der Waals surface area contributed by atoms with Gasteiger partial charge in [0, 0.05) is 4.90 Å². The molecule has 5 nitrogen and oxygen atoms in total. The number of furan rings is 1. The summed E-state index contributed by atoms with van der Waals surface area (Å²) >= 11 is 1.14. The Kier molecular flexibility index (Phi) is 4.47. The van der Waals surface area contributed by atoms with Gasteiger partial charge in [0.1, 0.15) is 0 Å². The Morgan fingerprint density at radius 1 is 1.25 bits per heavy atom. The van der Waals surface area contributed by atoms with Crippen LogP contribution in [0.1, 0.15) is 27.8 Å². The number of benzene rings is 1. The molecule has 20 heavy (non-hydrogen) atoms. The van der Waals surface area contributed by atoms with Crippen LogP contribution in [0, 0.1) is 0 Å². The highest BCUT2D eigenvalue weighted by Gasteiger charge is 2.15. The van der Waals surface area contributed by atoms with E-state index in [0.29, 0.717) is 9.99 Å². The fraction of sp³-hybridized carbons (Fsp3) is 0.143. The van der Waals surface area contributed by atoms with Gasteiger partial charge in [0.2, 0.25) is 5.76 Å². The number of ether oxygens (including phenoxy) is 1. The molecule has 1 N–H and O–H groups in total.